The molecule has 4 aliphatic carbocycles. The fourth-order valence-electron chi connectivity index (χ4n) is 10.1. The standard InChI is InChI=1S/C36H56O8S2/c1-20(10-13-31(40)46-33(45)41-19-34(5,6)7)26-11-12-27-32-28(18-30(36(26,27)9)44-23(4)39)35(8)15-14-25(42-21(2)37)16-24(35)17-29(32)43-22(3)38/h20,24-30,32H,10-19H2,1-9H3/t20-,24+,25-,26-,27+,28+,29-,30+,32+,35+,36-/m1/s1. The van der Waals surface area contributed by atoms with E-state index in [2.05, 4.69) is 41.5 Å². The van der Waals surface area contributed by atoms with Gasteiger partial charge in [0.15, 0.2) is 5.12 Å². The summed E-state index contributed by atoms with van der Waals surface area (Å²) in [7, 11) is 0. The second-order valence-corrected chi connectivity index (χ2v) is 18.0. The Balaban J connectivity index is 1.56. The third kappa shape index (κ3) is 8.12. The summed E-state index contributed by atoms with van der Waals surface area (Å²) in [5.41, 5.74) is -0.398. The first-order chi connectivity index (χ1) is 21.3. The van der Waals surface area contributed by atoms with E-state index in [1.165, 1.54) is 20.8 Å². The van der Waals surface area contributed by atoms with Gasteiger partial charge in [-0.25, -0.2) is 0 Å². The summed E-state index contributed by atoms with van der Waals surface area (Å²) in [6.07, 6.45) is 6.37. The number of esters is 3. The Labute approximate surface area is 285 Å². The summed E-state index contributed by atoms with van der Waals surface area (Å²) >= 11 is 6.33. The second kappa shape index (κ2) is 14.4. The van der Waals surface area contributed by atoms with Crippen molar-refractivity contribution >= 4 is 51.4 Å². The number of thioether (sulfide) groups is 1. The Morgan fingerprint density at radius 3 is 2.15 bits per heavy atom. The molecule has 0 aliphatic heterocycles. The Morgan fingerprint density at radius 1 is 0.891 bits per heavy atom. The number of carbonyl (C=O) groups is 4. The Hall–Kier alpha value is -1.68. The summed E-state index contributed by atoms with van der Waals surface area (Å²) in [4.78, 5) is 49.8. The van der Waals surface area contributed by atoms with Gasteiger partial charge in [0, 0.05) is 38.5 Å². The molecule has 0 unspecified atom stereocenters. The Bertz CT molecular complexity index is 1180. The lowest BCUT2D eigenvalue weighted by molar-refractivity contribution is -0.224. The third-order valence-electron chi connectivity index (χ3n) is 12.0. The molecule has 4 aliphatic rings. The number of thiocarbonyl (C=S) groups is 1. The van der Waals surface area contributed by atoms with Gasteiger partial charge in [0.05, 0.1) is 6.61 Å². The van der Waals surface area contributed by atoms with Crippen LogP contribution in [-0.2, 0) is 38.1 Å². The van der Waals surface area contributed by atoms with E-state index in [9.17, 15) is 19.2 Å². The lowest BCUT2D eigenvalue weighted by Crippen LogP contribution is -2.63. The zero-order valence-corrected chi connectivity index (χ0v) is 31.0. The predicted molar refractivity (Wildman–Crippen MR) is 182 cm³/mol. The second-order valence-electron chi connectivity index (χ2n) is 16.4. The molecule has 0 spiro atoms. The van der Waals surface area contributed by atoms with E-state index >= 15 is 0 Å². The molecule has 4 saturated carbocycles. The van der Waals surface area contributed by atoms with Crippen LogP contribution in [0.3, 0.4) is 0 Å². The number of hydrogen-bond donors (Lipinski definition) is 0. The summed E-state index contributed by atoms with van der Waals surface area (Å²) in [5, 5.41) is 0.0104. The maximum absolute atomic E-state index is 12.9. The summed E-state index contributed by atoms with van der Waals surface area (Å²) in [6.45, 7) is 18.0. The molecule has 0 bridgehead atoms. The van der Waals surface area contributed by atoms with Crippen molar-refractivity contribution in [2.75, 3.05) is 6.61 Å². The average Bonchev–Trinajstić information content (AvgIpc) is 3.28. The topological polar surface area (TPSA) is 105 Å². The Morgan fingerprint density at radius 2 is 1.54 bits per heavy atom. The van der Waals surface area contributed by atoms with Gasteiger partial charge in [0.25, 0.3) is 0 Å². The van der Waals surface area contributed by atoms with Gasteiger partial charge in [-0.3, -0.25) is 19.2 Å². The molecule has 260 valence electrons. The van der Waals surface area contributed by atoms with E-state index in [4.69, 9.17) is 31.2 Å². The highest BCUT2D eigenvalue weighted by atomic mass is 32.2. The predicted octanol–water partition coefficient (Wildman–Crippen LogP) is 7.68. The molecule has 0 radical (unpaired) electrons. The molecule has 4 fully saturated rings. The van der Waals surface area contributed by atoms with Gasteiger partial charge in [0.1, 0.15) is 18.3 Å². The van der Waals surface area contributed by atoms with E-state index in [1.807, 2.05) is 0 Å². The van der Waals surface area contributed by atoms with Gasteiger partial charge >= 0.3 is 17.9 Å². The lowest BCUT2D eigenvalue weighted by atomic mass is 9.43. The molecule has 0 aromatic heterocycles. The summed E-state index contributed by atoms with van der Waals surface area (Å²) < 4.78 is 24.0. The summed E-state index contributed by atoms with van der Waals surface area (Å²) in [5.74, 6) is 0.457. The fourth-order valence-corrected chi connectivity index (χ4v) is 11.0. The van der Waals surface area contributed by atoms with Crippen LogP contribution < -0.4 is 0 Å². The molecule has 46 heavy (non-hydrogen) atoms. The first-order valence-corrected chi connectivity index (χ1v) is 18.5. The molecule has 8 nitrogen and oxygen atoms in total. The normalized spacial score (nSPS) is 37.5. The number of ether oxygens (including phenoxy) is 4. The minimum absolute atomic E-state index is 0.0104. The highest BCUT2D eigenvalue weighted by Crippen LogP contribution is 2.69. The SMILES string of the molecule is CC(=O)O[C@@H]1CC[C@@]2(C)[C@@H](C1)C[C@@H](OC(C)=O)[C@@H]1[C@@H]2C[C@H](OC(C)=O)[C@]2(C)[C@@H]([C@H](C)CCC(=O)SC(=S)OCC(C)(C)C)CC[C@@H]12. The van der Waals surface area contributed by atoms with E-state index < -0.39 is 0 Å². The molecule has 0 heterocycles. The highest BCUT2D eigenvalue weighted by Gasteiger charge is 2.67. The molecule has 0 N–H and O–H groups in total. The van der Waals surface area contributed by atoms with Crippen molar-refractivity contribution in [3.8, 4) is 0 Å². The van der Waals surface area contributed by atoms with E-state index in [0.717, 1.165) is 56.7 Å². The van der Waals surface area contributed by atoms with Crippen LogP contribution in [-0.4, -0.2) is 52.3 Å². The molecular weight excluding hydrogens is 625 g/mol. The fraction of sp³-hybridized carbons (Fsp3) is 0.861. The molecule has 10 heteroatoms. The van der Waals surface area contributed by atoms with E-state index in [1.54, 1.807) is 0 Å². The van der Waals surface area contributed by atoms with Gasteiger partial charge in [-0.15, -0.1) is 0 Å². The molecule has 0 amide bonds. The van der Waals surface area contributed by atoms with Crippen LogP contribution in [0.25, 0.3) is 0 Å². The minimum atomic E-state index is -0.315. The minimum Gasteiger partial charge on any atom is -0.478 e. The van der Waals surface area contributed by atoms with Crippen LogP contribution in [0.15, 0.2) is 0 Å². The zero-order chi connectivity index (χ0) is 34.2. The van der Waals surface area contributed by atoms with Crippen LogP contribution >= 0.6 is 24.0 Å². The third-order valence-corrected chi connectivity index (χ3v) is 13.1. The van der Waals surface area contributed by atoms with Crippen molar-refractivity contribution in [2.24, 2.45) is 51.8 Å². The van der Waals surface area contributed by atoms with Crippen LogP contribution in [0.5, 0.6) is 0 Å². The first kappa shape index (κ1) is 37.1. The monoisotopic (exact) mass is 680 g/mol. The lowest BCUT2D eigenvalue weighted by Gasteiger charge is -2.64. The van der Waals surface area contributed by atoms with Gasteiger partial charge in [-0.05, 0) is 116 Å². The van der Waals surface area contributed by atoms with E-state index in [0.29, 0.717) is 19.4 Å². The molecule has 0 aromatic rings. The number of carbonyl (C=O) groups excluding carboxylic acids is 4. The maximum Gasteiger partial charge on any atom is 0.302 e. The smallest absolute Gasteiger partial charge is 0.302 e. The van der Waals surface area contributed by atoms with Crippen LogP contribution in [0.4, 0.5) is 0 Å². The van der Waals surface area contributed by atoms with Crippen molar-refractivity contribution in [1.82, 2.24) is 0 Å². The van der Waals surface area contributed by atoms with Crippen LogP contribution in [0, 0.1) is 51.8 Å². The van der Waals surface area contributed by atoms with Gasteiger partial charge in [-0.2, -0.15) is 0 Å². The van der Waals surface area contributed by atoms with Crippen molar-refractivity contribution in [3.05, 3.63) is 0 Å². The number of fused-ring (bicyclic) bond motifs is 5. The molecule has 0 saturated heterocycles. The van der Waals surface area contributed by atoms with Crippen LogP contribution in [0.2, 0.25) is 0 Å². The van der Waals surface area contributed by atoms with Gasteiger partial charge < -0.3 is 18.9 Å². The number of hydrogen-bond acceptors (Lipinski definition) is 10. The van der Waals surface area contributed by atoms with Crippen LogP contribution in [0.1, 0.15) is 120 Å². The van der Waals surface area contributed by atoms with Gasteiger partial charge in [0.2, 0.25) is 4.38 Å². The van der Waals surface area contributed by atoms with Crippen molar-refractivity contribution in [3.63, 3.8) is 0 Å². The van der Waals surface area contributed by atoms with Crippen molar-refractivity contribution in [2.45, 2.75) is 138 Å². The largest absolute Gasteiger partial charge is 0.478 e. The average molecular weight is 681 g/mol. The van der Waals surface area contributed by atoms with Gasteiger partial charge in [-0.1, -0.05) is 41.5 Å². The zero-order valence-electron chi connectivity index (χ0n) is 29.3. The van der Waals surface area contributed by atoms with Crippen molar-refractivity contribution in [1.29, 1.82) is 0 Å². The quantitative estimate of drug-likeness (QED) is 0.144. The highest BCUT2D eigenvalue weighted by molar-refractivity contribution is 8.32. The van der Waals surface area contributed by atoms with Crippen molar-refractivity contribution < 1.29 is 38.1 Å². The first-order valence-electron chi connectivity index (χ1n) is 17.2. The molecule has 0 aromatic carbocycles. The molecular formula is C36H56O8S2. The molecule has 11 atom stereocenters. The number of rotatable bonds is 8. The summed E-state index contributed by atoms with van der Waals surface area (Å²) in [6, 6.07) is 0. The Kier molecular flexibility index (Phi) is 11.7. The maximum atomic E-state index is 12.9. The van der Waals surface area contributed by atoms with E-state index in [-0.39, 0.29) is 97.5 Å². The molecule has 4 rings (SSSR count).